The summed E-state index contributed by atoms with van der Waals surface area (Å²) in [6, 6.07) is 5.89. The summed E-state index contributed by atoms with van der Waals surface area (Å²) in [6.07, 6.45) is 11.0. The van der Waals surface area contributed by atoms with Crippen LogP contribution < -0.4 is 10.1 Å². The number of aromatic nitrogens is 5. The van der Waals surface area contributed by atoms with Gasteiger partial charge in [0.1, 0.15) is 5.75 Å². The first kappa shape index (κ1) is 20.6. The lowest BCUT2D eigenvalue weighted by Crippen LogP contribution is -2.18. The van der Waals surface area contributed by atoms with E-state index in [-0.39, 0.29) is 11.8 Å². The molecule has 2 atom stereocenters. The molecular formula is C24H28N6O2. The van der Waals surface area contributed by atoms with E-state index < -0.39 is 0 Å². The summed E-state index contributed by atoms with van der Waals surface area (Å²) in [5.41, 5.74) is 4.31. The largest absolute Gasteiger partial charge is 0.495 e. The fraction of sp³-hybridized carbons (Fsp3) is 0.458. The van der Waals surface area contributed by atoms with Crippen LogP contribution in [0.3, 0.4) is 0 Å². The SMILES string of the molecule is COc1cncc(-c2cc(C)c(NC(=O)[C@@H]3C[C@H]3C3CCCCC3)cc2-c2nn[nH]n2)c1. The van der Waals surface area contributed by atoms with Crippen molar-refractivity contribution in [2.75, 3.05) is 12.4 Å². The number of hydrogen-bond acceptors (Lipinski definition) is 6. The topological polar surface area (TPSA) is 106 Å². The Morgan fingerprint density at radius 1 is 1.12 bits per heavy atom. The average Bonchev–Trinajstić information content (AvgIpc) is 3.46. The molecule has 3 aromatic rings. The number of aromatic amines is 1. The van der Waals surface area contributed by atoms with Gasteiger partial charge >= 0.3 is 0 Å². The monoisotopic (exact) mass is 432 g/mol. The van der Waals surface area contributed by atoms with E-state index in [2.05, 4.69) is 30.9 Å². The molecule has 2 aliphatic rings. The van der Waals surface area contributed by atoms with Gasteiger partial charge in [0.05, 0.1) is 13.3 Å². The molecule has 0 radical (unpaired) electrons. The fourth-order valence-corrected chi connectivity index (χ4v) is 5.04. The fourth-order valence-electron chi connectivity index (χ4n) is 5.04. The van der Waals surface area contributed by atoms with E-state index in [1.807, 2.05) is 25.1 Å². The Bertz CT molecular complexity index is 1110. The lowest BCUT2D eigenvalue weighted by Gasteiger charge is -2.21. The van der Waals surface area contributed by atoms with Gasteiger partial charge in [-0.05, 0) is 59.7 Å². The van der Waals surface area contributed by atoms with Gasteiger partial charge in [0.15, 0.2) is 0 Å². The van der Waals surface area contributed by atoms with Gasteiger partial charge in [-0.1, -0.05) is 32.1 Å². The molecule has 5 rings (SSSR count). The standard InChI is InChI=1S/C24H28N6O2/c1-14-8-18(16-9-17(32-2)13-25-12-16)20(23-27-29-30-28-23)11-22(14)26-24(31)21-10-19(21)15-6-4-3-5-7-15/h8-9,11-13,15,19,21H,3-7,10H2,1-2H3,(H,26,31)(H,27,28,29,30)/t19-,21+/m0/s1. The lowest BCUT2D eigenvalue weighted by atomic mass is 9.85. The molecule has 0 spiro atoms. The van der Waals surface area contributed by atoms with Crippen LogP contribution in [0.4, 0.5) is 5.69 Å². The predicted octanol–water partition coefficient (Wildman–Crippen LogP) is 4.40. The minimum Gasteiger partial charge on any atom is -0.495 e. The van der Waals surface area contributed by atoms with Crippen LogP contribution in [0.1, 0.15) is 44.1 Å². The highest BCUT2D eigenvalue weighted by Crippen LogP contribution is 2.50. The van der Waals surface area contributed by atoms with Crippen molar-refractivity contribution < 1.29 is 9.53 Å². The summed E-state index contributed by atoms with van der Waals surface area (Å²) >= 11 is 0. The van der Waals surface area contributed by atoms with Gasteiger partial charge in [-0.2, -0.15) is 5.21 Å². The number of nitrogens with zero attached hydrogens (tertiary/aromatic N) is 4. The van der Waals surface area contributed by atoms with E-state index in [0.717, 1.165) is 40.3 Å². The molecular weight excluding hydrogens is 404 g/mol. The second kappa shape index (κ2) is 8.68. The van der Waals surface area contributed by atoms with E-state index in [9.17, 15) is 4.79 Å². The van der Waals surface area contributed by atoms with Crippen LogP contribution in [-0.2, 0) is 4.79 Å². The minimum absolute atomic E-state index is 0.124. The number of tetrazole rings is 1. The number of benzene rings is 1. The molecule has 1 aromatic carbocycles. The third-order valence-electron chi connectivity index (χ3n) is 6.90. The second-order valence-corrected chi connectivity index (χ2v) is 8.95. The highest BCUT2D eigenvalue weighted by Gasteiger charge is 2.47. The Labute approximate surface area is 187 Å². The Balaban J connectivity index is 1.42. The molecule has 0 aliphatic heterocycles. The lowest BCUT2D eigenvalue weighted by molar-refractivity contribution is -0.117. The first-order valence-corrected chi connectivity index (χ1v) is 11.3. The maximum atomic E-state index is 13.0. The van der Waals surface area contributed by atoms with Crippen molar-refractivity contribution in [2.24, 2.45) is 17.8 Å². The van der Waals surface area contributed by atoms with E-state index in [1.54, 1.807) is 19.5 Å². The number of H-pyrrole nitrogens is 1. The molecule has 2 aromatic heterocycles. The third kappa shape index (κ3) is 4.09. The van der Waals surface area contributed by atoms with E-state index in [4.69, 9.17) is 4.74 Å². The zero-order valence-electron chi connectivity index (χ0n) is 18.5. The van der Waals surface area contributed by atoms with Crippen LogP contribution in [0.5, 0.6) is 5.75 Å². The zero-order valence-corrected chi connectivity index (χ0v) is 18.5. The van der Waals surface area contributed by atoms with Crippen molar-refractivity contribution in [1.29, 1.82) is 0 Å². The van der Waals surface area contributed by atoms with Gasteiger partial charge in [0.2, 0.25) is 11.7 Å². The molecule has 2 heterocycles. The summed E-state index contributed by atoms with van der Waals surface area (Å²) < 4.78 is 5.34. The number of pyridine rings is 1. The molecule has 2 N–H and O–H groups in total. The van der Waals surface area contributed by atoms with Crippen LogP contribution in [-0.4, -0.2) is 38.6 Å². The summed E-state index contributed by atoms with van der Waals surface area (Å²) in [4.78, 5) is 17.3. The number of methoxy groups -OCH3 is 1. The summed E-state index contributed by atoms with van der Waals surface area (Å²) in [7, 11) is 1.61. The van der Waals surface area contributed by atoms with Gasteiger partial charge in [-0.25, -0.2) is 0 Å². The van der Waals surface area contributed by atoms with Crippen LogP contribution in [0, 0.1) is 24.7 Å². The molecule has 0 bridgehead atoms. The minimum atomic E-state index is 0.124. The molecule has 0 unspecified atom stereocenters. The number of carbonyl (C=O) groups is 1. The van der Waals surface area contributed by atoms with Gasteiger partial charge in [-0.15, -0.1) is 10.2 Å². The number of aryl methyl sites for hydroxylation is 1. The van der Waals surface area contributed by atoms with Gasteiger partial charge in [0, 0.05) is 28.9 Å². The second-order valence-electron chi connectivity index (χ2n) is 8.95. The number of hydrogen-bond donors (Lipinski definition) is 2. The molecule has 1 amide bonds. The van der Waals surface area contributed by atoms with E-state index in [0.29, 0.717) is 17.5 Å². The summed E-state index contributed by atoms with van der Waals surface area (Å²) in [6.45, 7) is 2.00. The van der Waals surface area contributed by atoms with Crippen molar-refractivity contribution in [3.8, 4) is 28.3 Å². The molecule has 32 heavy (non-hydrogen) atoms. The van der Waals surface area contributed by atoms with Crippen molar-refractivity contribution in [2.45, 2.75) is 45.4 Å². The maximum Gasteiger partial charge on any atom is 0.227 e. The van der Waals surface area contributed by atoms with Crippen molar-refractivity contribution >= 4 is 11.6 Å². The van der Waals surface area contributed by atoms with Gasteiger partial charge < -0.3 is 10.1 Å². The molecule has 2 fully saturated rings. The smallest absolute Gasteiger partial charge is 0.227 e. The third-order valence-corrected chi connectivity index (χ3v) is 6.90. The van der Waals surface area contributed by atoms with Crippen LogP contribution in [0.25, 0.3) is 22.5 Å². The van der Waals surface area contributed by atoms with Crippen molar-refractivity contribution in [3.63, 3.8) is 0 Å². The number of anilines is 1. The Kier molecular flexibility index (Phi) is 5.59. The van der Waals surface area contributed by atoms with Crippen LogP contribution in [0.15, 0.2) is 30.6 Å². The zero-order chi connectivity index (χ0) is 22.1. The predicted molar refractivity (Wildman–Crippen MR) is 121 cm³/mol. The molecule has 166 valence electrons. The average molecular weight is 433 g/mol. The Hall–Kier alpha value is -3.29. The Morgan fingerprint density at radius 3 is 2.72 bits per heavy atom. The summed E-state index contributed by atoms with van der Waals surface area (Å²) in [5, 5.41) is 17.8. The quantitative estimate of drug-likeness (QED) is 0.598. The highest BCUT2D eigenvalue weighted by molar-refractivity contribution is 5.97. The number of nitrogens with one attached hydrogen (secondary N) is 2. The number of rotatable bonds is 6. The first-order chi connectivity index (χ1) is 15.6. The van der Waals surface area contributed by atoms with E-state index >= 15 is 0 Å². The molecule has 8 nitrogen and oxygen atoms in total. The van der Waals surface area contributed by atoms with Crippen LogP contribution in [0.2, 0.25) is 0 Å². The number of carbonyl (C=O) groups excluding carboxylic acids is 1. The van der Waals surface area contributed by atoms with Crippen LogP contribution >= 0.6 is 0 Å². The molecule has 0 saturated heterocycles. The highest BCUT2D eigenvalue weighted by atomic mass is 16.5. The molecule has 8 heteroatoms. The normalized spacial score (nSPS) is 20.7. The van der Waals surface area contributed by atoms with Crippen molar-refractivity contribution in [3.05, 3.63) is 36.2 Å². The first-order valence-electron chi connectivity index (χ1n) is 11.3. The Morgan fingerprint density at radius 2 is 1.97 bits per heavy atom. The molecule has 2 saturated carbocycles. The summed E-state index contributed by atoms with van der Waals surface area (Å²) in [5.74, 6) is 2.66. The number of ether oxygens (including phenoxy) is 1. The molecule has 2 aliphatic carbocycles. The van der Waals surface area contributed by atoms with Gasteiger partial charge in [-0.3, -0.25) is 9.78 Å². The maximum absolute atomic E-state index is 13.0. The van der Waals surface area contributed by atoms with Gasteiger partial charge in [0.25, 0.3) is 0 Å². The van der Waals surface area contributed by atoms with Crippen molar-refractivity contribution in [1.82, 2.24) is 25.6 Å². The number of amides is 1. The van der Waals surface area contributed by atoms with E-state index in [1.165, 1.54) is 32.1 Å².